The van der Waals surface area contributed by atoms with E-state index < -0.39 is 0 Å². The lowest BCUT2D eigenvalue weighted by atomic mass is 9.47. The molecule has 0 aromatic rings. The second kappa shape index (κ2) is 21.5. The molecule has 4 saturated heterocycles. The van der Waals surface area contributed by atoms with Crippen LogP contribution >= 0.6 is 0 Å². The molecule has 0 aromatic carbocycles. The van der Waals surface area contributed by atoms with Crippen molar-refractivity contribution in [3.63, 3.8) is 0 Å². The Bertz CT molecular complexity index is 2060. The molecule has 77 heavy (non-hydrogen) atoms. The highest BCUT2D eigenvalue weighted by Gasteiger charge is 2.71. The van der Waals surface area contributed by atoms with Crippen molar-refractivity contribution < 1.29 is 38.0 Å². The number of nitrogens with one attached hydrogen (secondary N) is 5. The molecular weight excluding hydrogens is 967 g/mol. The summed E-state index contributed by atoms with van der Waals surface area (Å²) in [6, 6.07) is 0. The maximum atomic E-state index is 12.9. The summed E-state index contributed by atoms with van der Waals surface area (Å²) in [6.07, 6.45) is 25.3. The zero-order valence-electron chi connectivity index (χ0n) is 49.0. The number of allylic oxidation sites excluding steroid dienone is 2. The van der Waals surface area contributed by atoms with Crippen LogP contribution in [-0.2, 0) is 28.4 Å². The van der Waals surface area contributed by atoms with Crippen LogP contribution in [0.2, 0.25) is 0 Å². The molecule has 4 aliphatic heterocycles. The number of alkyl carbamates (subject to hydrolysis) is 2. The molecule has 2 amide bonds. The van der Waals surface area contributed by atoms with Crippen LogP contribution < -0.4 is 26.6 Å². The molecule has 5 N–H and O–H groups in total. The molecule has 4 heterocycles. The van der Waals surface area contributed by atoms with E-state index in [1.165, 1.54) is 62.5 Å². The van der Waals surface area contributed by atoms with Crippen molar-refractivity contribution in [2.75, 3.05) is 65.6 Å². The molecule has 10 fully saturated rings. The van der Waals surface area contributed by atoms with Crippen LogP contribution in [0.15, 0.2) is 23.3 Å². The van der Waals surface area contributed by atoms with Crippen LogP contribution in [0.3, 0.4) is 0 Å². The van der Waals surface area contributed by atoms with Crippen LogP contribution in [0.25, 0.3) is 0 Å². The molecule has 8 aliphatic carbocycles. The van der Waals surface area contributed by atoms with Crippen molar-refractivity contribution >= 4 is 12.2 Å². The molecule has 0 aromatic heterocycles. The Morgan fingerprint density at radius 3 is 1.31 bits per heavy atom. The third-order valence-electron chi connectivity index (χ3n) is 25.3. The number of hydrogen-bond donors (Lipinski definition) is 5. The zero-order chi connectivity index (χ0) is 53.5. The smallest absolute Gasteiger partial charge is 0.407 e. The average Bonchev–Trinajstić information content (AvgIpc) is 4.31. The van der Waals surface area contributed by atoms with Crippen molar-refractivity contribution in [2.24, 2.45) is 92.7 Å². The van der Waals surface area contributed by atoms with Gasteiger partial charge in [0, 0.05) is 89.9 Å². The largest absolute Gasteiger partial charge is 0.446 e. The van der Waals surface area contributed by atoms with Gasteiger partial charge in [-0.1, -0.05) is 78.7 Å². The Hall–Kier alpha value is -2.26. The molecule has 0 bridgehead atoms. The van der Waals surface area contributed by atoms with Gasteiger partial charge >= 0.3 is 12.2 Å². The molecule has 12 aliphatic rings. The SMILES string of the molecule is C[C@H]1CC[C@]2(OC1)O[C@H]1C[C@H]3[C@@H]4CC=C5C[C@@H](OC(=O)NCCNCCNCCNCCNC(=O)O[C@H]6CC[C@@]7(C)C(=CC[C@@H]8[C@@H]7CC[C@]7(C)C9[C@H](C[C@@H]87)O[C@@]7(CC[C@H](C)CO7)[C@H]9C)C6)CC[C@]5(C)[C@H]4CC[C@]3(C)C1[C@@H]2C. The van der Waals surface area contributed by atoms with Gasteiger partial charge in [0.25, 0.3) is 0 Å². The van der Waals surface area contributed by atoms with E-state index in [1.807, 2.05) is 0 Å². The number of hydrogen-bond acceptors (Lipinski definition) is 11. The second-order valence-electron chi connectivity index (χ2n) is 29.2. The van der Waals surface area contributed by atoms with Gasteiger partial charge in [-0.2, -0.15) is 0 Å². The van der Waals surface area contributed by atoms with Crippen molar-refractivity contribution in [3.05, 3.63) is 23.3 Å². The number of ether oxygens (including phenoxy) is 6. The summed E-state index contributed by atoms with van der Waals surface area (Å²) < 4.78 is 39.2. The third kappa shape index (κ3) is 9.71. The topological polar surface area (TPSA) is 150 Å². The van der Waals surface area contributed by atoms with Gasteiger partial charge in [0.1, 0.15) is 12.2 Å². The lowest BCUT2D eigenvalue weighted by Gasteiger charge is -2.58. The maximum Gasteiger partial charge on any atom is 0.407 e. The fourth-order valence-corrected chi connectivity index (χ4v) is 21.1. The third-order valence-corrected chi connectivity index (χ3v) is 25.3. The quantitative estimate of drug-likeness (QED) is 0.0836. The first-order valence-corrected chi connectivity index (χ1v) is 32.0. The molecule has 0 radical (unpaired) electrons. The minimum atomic E-state index is -0.351. The average molecular weight is 1070 g/mol. The molecule has 22 atom stereocenters. The van der Waals surface area contributed by atoms with Gasteiger partial charge in [-0.3, -0.25) is 0 Å². The fraction of sp³-hybridized carbons (Fsp3) is 0.906. The Morgan fingerprint density at radius 1 is 0.519 bits per heavy atom. The van der Waals surface area contributed by atoms with Gasteiger partial charge in [0.15, 0.2) is 11.6 Å². The van der Waals surface area contributed by atoms with E-state index in [2.05, 4.69) is 94.1 Å². The number of carbonyl (C=O) groups excluding carboxylic acids is 2. The summed E-state index contributed by atoms with van der Waals surface area (Å²) >= 11 is 0. The molecule has 432 valence electrons. The standard InChI is InChI=1S/C64H103N5O8/c1-39-13-23-63(72-37-39)41(3)55-53(76-63)35-51-47-11-9-43-33-45(15-19-59(43,5)49(47)17-21-61(51,55)7)74-57(70)68-31-29-66-27-25-65-26-28-67-30-32-69-58(71)75-46-16-20-60(6)44(34-46)10-12-48-50(60)18-22-62(8)52(48)36-54-56(62)42(4)64(77-54)24-14-40(2)38-73-64/h9-10,39-42,45-56,65-67H,11-38H2,1-8H3,(H,68,70)(H,69,71)/t39-,40-,41-,42-,45-,46-,47+,48+,49-,50-,51-,52-,53-,54-,55?,56?,59-,60-,61-,62-,63-,64-/m0/s1. The molecule has 13 heteroatoms. The fourth-order valence-electron chi connectivity index (χ4n) is 21.1. The summed E-state index contributed by atoms with van der Waals surface area (Å²) in [4.78, 5) is 25.9. The summed E-state index contributed by atoms with van der Waals surface area (Å²) in [7, 11) is 0. The van der Waals surface area contributed by atoms with Gasteiger partial charge < -0.3 is 55.0 Å². The Balaban J connectivity index is 0.490. The van der Waals surface area contributed by atoms with Crippen LogP contribution in [0.1, 0.15) is 171 Å². The minimum Gasteiger partial charge on any atom is -0.446 e. The van der Waals surface area contributed by atoms with Gasteiger partial charge in [0.2, 0.25) is 0 Å². The summed E-state index contributed by atoms with van der Waals surface area (Å²) in [5.41, 5.74) is 4.12. The minimum absolute atomic E-state index is 0.0520. The maximum absolute atomic E-state index is 12.9. The highest BCUT2D eigenvalue weighted by atomic mass is 16.7. The molecule has 2 spiro atoms. The Morgan fingerprint density at radius 2 is 0.922 bits per heavy atom. The molecule has 13 nitrogen and oxygen atoms in total. The lowest BCUT2D eigenvalue weighted by Crippen LogP contribution is -2.52. The summed E-state index contributed by atoms with van der Waals surface area (Å²) in [6.45, 7) is 27.2. The number of carbonyl (C=O) groups is 2. The predicted molar refractivity (Wildman–Crippen MR) is 299 cm³/mol. The monoisotopic (exact) mass is 1070 g/mol. The van der Waals surface area contributed by atoms with Crippen LogP contribution in [-0.4, -0.2) is 114 Å². The van der Waals surface area contributed by atoms with Gasteiger partial charge in [-0.05, 0) is 171 Å². The van der Waals surface area contributed by atoms with E-state index >= 15 is 0 Å². The first kappa shape index (κ1) is 55.3. The van der Waals surface area contributed by atoms with Gasteiger partial charge in [0.05, 0.1) is 25.4 Å². The zero-order valence-corrected chi connectivity index (χ0v) is 49.0. The number of fused-ring (bicyclic) bond motifs is 14. The molecule has 2 unspecified atom stereocenters. The number of amides is 2. The van der Waals surface area contributed by atoms with Crippen LogP contribution in [0, 0.1) is 92.7 Å². The van der Waals surface area contributed by atoms with Gasteiger partial charge in [-0.25, -0.2) is 9.59 Å². The summed E-state index contributed by atoms with van der Waals surface area (Å²) in [5, 5.41) is 16.3. The highest BCUT2D eigenvalue weighted by Crippen LogP contribution is 2.73. The van der Waals surface area contributed by atoms with Crippen molar-refractivity contribution in [1.82, 2.24) is 26.6 Å². The molecule has 6 saturated carbocycles. The van der Waals surface area contributed by atoms with E-state index in [1.54, 1.807) is 0 Å². The van der Waals surface area contributed by atoms with Crippen molar-refractivity contribution in [2.45, 2.75) is 207 Å². The molecule has 12 rings (SSSR count). The Labute approximate surface area is 463 Å². The van der Waals surface area contributed by atoms with E-state index in [0.29, 0.717) is 120 Å². The highest BCUT2D eigenvalue weighted by molar-refractivity contribution is 5.67. The van der Waals surface area contributed by atoms with E-state index in [-0.39, 0.29) is 46.8 Å². The lowest BCUT2D eigenvalue weighted by molar-refractivity contribution is -0.272. The van der Waals surface area contributed by atoms with E-state index in [9.17, 15) is 9.59 Å². The van der Waals surface area contributed by atoms with E-state index in [4.69, 9.17) is 28.4 Å². The van der Waals surface area contributed by atoms with E-state index in [0.717, 1.165) is 104 Å². The number of rotatable bonds is 14. The first-order chi connectivity index (χ1) is 37.0. The summed E-state index contributed by atoms with van der Waals surface area (Å²) in [5.74, 6) is 6.90. The van der Waals surface area contributed by atoms with Crippen LogP contribution in [0.4, 0.5) is 9.59 Å². The molecular formula is C64H103N5O8. The normalized spacial score (nSPS) is 49.2. The van der Waals surface area contributed by atoms with Crippen molar-refractivity contribution in [1.29, 1.82) is 0 Å². The second-order valence-corrected chi connectivity index (χ2v) is 29.2. The predicted octanol–water partition coefficient (Wildman–Crippen LogP) is 10.7. The first-order valence-electron chi connectivity index (χ1n) is 32.0. The van der Waals surface area contributed by atoms with Gasteiger partial charge in [-0.15, -0.1) is 0 Å². The van der Waals surface area contributed by atoms with Crippen molar-refractivity contribution in [3.8, 4) is 0 Å². The van der Waals surface area contributed by atoms with Crippen LogP contribution in [0.5, 0.6) is 0 Å². The Kier molecular flexibility index (Phi) is 15.4.